The molecule has 1 aliphatic rings. The van der Waals surface area contributed by atoms with Gasteiger partial charge in [-0.15, -0.1) is 0 Å². The Labute approximate surface area is 123 Å². The molecule has 6 nitrogen and oxygen atoms in total. The quantitative estimate of drug-likeness (QED) is 0.712. The lowest BCUT2D eigenvalue weighted by molar-refractivity contribution is -0.140. The molecule has 0 spiro atoms. The minimum Gasteiger partial charge on any atom is -0.481 e. The molecule has 0 aliphatic heterocycles. The van der Waals surface area contributed by atoms with Gasteiger partial charge in [-0.3, -0.25) is 9.59 Å². The van der Waals surface area contributed by atoms with Crippen molar-refractivity contribution >= 4 is 11.9 Å². The van der Waals surface area contributed by atoms with Crippen LogP contribution in [-0.2, 0) is 20.9 Å². The number of furan rings is 1. The molecule has 2 atom stereocenters. The first-order valence-corrected chi connectivity index (χ1v) is 7.05. The van der Waals surface area contributed by atoms with E-state index >= 15 is 0 Å². The molecular formula is C15H21NO5. The smallest absolute Gasteiger partial charge is 0.307 e. The maximum Gasteiger partial charge on any atom is 0.307 e. The maximum absolute atomic E-state index is 11.9. The molecule has 2 rings (SSSR count). The molecule has 2 N–H and O–H groups in total. The van der Waals surface area contributed by atoms with Gasteiger partial charge in [0, 0.05) is 13.2 Å². The van der Waals surface area contributed by atoms with E-state index in [4.69, 9.17) is 14.3 Å². The molecule has 1 saturated carbocycles. The molecule has 0 radical (unpaired) electrons. The number of hydrogen-bond donors (Lipinski definition) is 2. The van der Waals surface area contributed by atoms with Gasteiger partial charge in [0.05, 0.1) is 18.1 Å². The van der Waals surface area contributed by atoms with Gasteiger partial charge in [0.15, 0.2) is 0 Å². The van der Waals surface area contributed by atoms with E-state index in [0.717, 1.165) is 5.76 Å². The van der Waals surface area contributed by atoms with Gasteiger partial charge in [-0.05, 0) is 24.0 Å². The molecular weight excluding hydrogens is 274 g/mol. The summed E-state index contributed by atoms with van der Waals surface area (Å²) in [6.45, 7) is 5.02. The van der Waals surface area contributed by atoms with Crippen molar-refractivity contribution in [3.63, 3.8) is 0 Å². The molecule has 6 heteroatoms. The fraction of sp³-hybridized carbons (Fsp3) is 0.600. The number of rotatable bonds is 8. The van der Waals surface area contributed by atoms with Crippen molar-refractivity contribution in [2.24, 2.45) is 17.3 Å². The predicted molar refractivity (Wildman–Crippen MR) is 74.4 cm³/mol. The minimum absolute atomic E-state index is 0.182. The van der Waals surface area contributed by atoms with Crippen LogP contribution in [0.4, 0.5) is 0 Å². The van der Waals surface area contributed by atoms with Crippen LogP contribution in [0.25, 0.3) is 0 Å². The topological polar surface area (TPSA) is 88.8 Å². The molecule has 0 bridgehead atoms. The highest BCUT2D eigenvalue weighted by molar-refractivity contribution is 5.91. The number of carboxylic acids is 1. The lowest BCUT2D eigenvalue weighted by Crippen LogP contribution is -2.28. The predicted octanol–water partition coefficient (Wildman–Crippen LogP) is 1.66. The molecule has 21 heavy (non-hydrogen) atoms. The molecule has 0 saturated heterocycles. The maximum atomic E-state index is 11.9. The van der Waals surface area contributed by atoms with E-state index in [1.807, 2.05) is 19.9 Å². The zero-order valence-electron chi connectivity index (χ0n) is 12.3. The lowest BCUT2D eigenvalue weighted by Gasteiger charge is -2.06. The standard InChI is InChI=1S/C15H21NO5/c1-15(2)11(12(15)14(18)19)13(17)16-6-4-7-20-9-10-5-3-8-21-10/h3,5,8,11-12H,4,6-7,9H2,1-2H3,(H,16,17)(H,18,19)/t11-,12+/m1/s1. The number of carbonyl (C=O) groups excluding carboxylic acids is 1. The second kappa shape index (κ2) is 6.30. The zero-order valence-corrected chi connectivity index (χ0v) is 12.3. The first-order valence-electron chi connectivity index (χ1n) is 7.05. The molecule has 1 heterocycles. The SMILES string of the molecule is CC1(C)[C@H](C(=O)O)[C@@H]1C(=O)NCCCOCc1ccco1. The van der Waals surface area contributed by atoms with Crippen LogP contribution in [0.1, 0.15) is 26.0 Å². The Morgan fingerprint density at radius 1 is 1.43 bits per heavy atom. The largest absolute Gasteiger partial charge is 0.481 e. The molecule has 0 aromatic carbocycles. The number of carboxylic acid groups (broad SMARTS) is 1. The summed E-state index contributed by atoms with van der Waals surface area (Å²) in [5, 5.41) is 11.8. The van der Waals surface area contributed by atoms with E-state index in [0.29, 0.717) is 26.2 Å². The summed E-state index contributed by atoms with van der Waals surface area (Å²) >= 11 is 0. The Morgan fingerprint density at radius 2 is 2.19 bits per heavy atom. The van der Waals surface area contributed by atoms with Crippen LogP contribution in [0.15, 0.2) is 22.8 Å². The summed E-state index contributed by atoms with van der Waals surface area (Å²) in [7, 11) is 0. The second-order valence-electron chi connectivity index (χ2n) is 5.89. The normalized spacial score (nSPS) is 22.8. The van der Waals surface area contributed by atoms with E-state index in [1.54, 1.807) is 12.3 Å². The Balaban J connectivity index is 1.59. The summed E-state index contributed by atoms with van der Waals surface area (Å²) in [5.41, 5.74) is -0.453. The summed E-state index contributed by atoms with van der Waals surface area (Å²) in [5.74, 6) is -1.32. The fourth-order valence-electron chi connectivity index (χ4n) is 2.65. The van der Waals surface area contributed by atoms with Crippen molar-refractivity contribution in [1.29, 1.82) is 0 Å². The highest BCUT2D eigenvalue weighted by Gasteiger charge is 2.65. The summed E-state index contributed by atoms with van der Waals surface area (Å²) in [6, 6.07) is 3.64. The average Bonchev–Trinajstić information content (AvgIpc) is 2.76. The van der Waals surface area contributed by atoms with Crippen molar-refractivity contribution in [3.8, 4) is 0 Å². The van der Waals surface area contributed by atoms with Gasteiger partial charge in [-0.25, -0.2) is 0 Å². The highest BCUT2D eigenvalue weighted by Crippen LogP contribution is 2.58. The number of amides is 1. The first kappa shape index (κ1) is 15.6. The van der Waals surface area contributed by atoms with Crippen molar-refractivity contribution < 1.29 is 23.8 Å². The van der Waals surface area contributed by atoms with E-state index in [2.05, 4.69) is 5.32 Å². The van der Waals surface area contributed by atoms with Gasteiger partial charge < -0.3 is 19.6 Å². The first-order chi connectivity index (χ1) is 9.94. The van der Waals surface area contributed by atoms with E-state index < -0.39 is 23.2 Å². The number of aliphatic carboxylic acids is 1. The minimum atomic E-state index is -0.901. The van der Waals surface area contributed by atoms with E-state index in [9.17, 15) is 9.59 Å². The Bertz CT molecular complexity index is 494. The molecule has 1 aliphatic carbocycles. The van der Waals surface area contributed by atoms with Crippen LogP contribution < -0.4 is 5.32 Å². The van der Waals surface area contributed by atoms with Crippen molar-refractivity contribution in [3.05, 3.63) is 24.2 Å². The third kappa shape index (κ3) is 3.64. The Morgan fingerprint density at radius 3 is 2.76 bits per heavy atom. The van der Waals surface area contributed by atoms with Crippen LogP contribution in [0.2, 0.25) is 0 Å². The second-order valence-corrected chi connectivity index (χ2v) is 5.89. The third-order valence-corrected chi connectivity index (χ3v) is 3.96. The Hall–Kier alpha value is -1.82. The number of hydrogen-bond acceptors (Lipinski definition) is 4. The number of ether oxygens (including phenoxy) is 1. The summed E-state index contributed by atoms with van der Waals surface area (Å²) in [6.07, 6.45) is 2.27. The van der Waals surface area contributed by atoms with Crippen LogP contribution in [-0.4, -0.2) is 30.1 Å². The zero-order chi connectivity index (χ0) is 15.5. The van der Waals surface area contributed by atoms with Crippen LogP contribution in [0.5, 0.6) is 0 Å². The molecule has 1 aromatic rings. The van der Waals surface area contributed by atoms with E-state index in [1.165, 1.54) is 0 Å². The van der Waals surface area contributed by atoms with Crippen molar-refractivity contribution in [1.82, 2.24) is 5.32 Å². The average molecular weight is 295 g/mol. The van der Waals surface area contributed by atoms with Crippen LogP contribution in [0, 0.1) is 17.3 Å². The molecule has 116 valence electrons. The molecule has 1 aromatic heterocycles. The van der Waals surface area contributed by atoms with Gasteiger partial charge in [0.2, 0.25) is 5.91 Å². The monoisotopic (exact) mass is 295 g/mol. The van der Waals surface area contributed by atoms with Gasteiger partial charge in [-0.1, -0.05) is 13.8 Å². The molecule has 1 amide bonds. The number of nitrogens with one attached hydrogen (secondary N) is 1. The summed E-state index contributed by atoms with van der Waals surface area (Å²) < 4.78 is 10.5. The van der Waals surface area contributed by atoms with E-state index in [-0.39, 0.29) is 5.91 Å². The highest BCUT2D eigenvalue weighted by atomic mass is 16.5. The molecule has 0 unspecified atom stereocenters. The number of carbonyl (C=O) groups is 2. The van der Waals surface area contributed by atoms with Crippen molar-refractivity contribution in [2.45, 2.75) is 26.9 Å². The van der Waals surface area contributed by atoms with Crippen molar-refractivity contribution in [2.75, 3.05) is 13.2 Å². The van der Waals surface area contributed by atoms with Crippen LogP contribution in [0.3, 0.4) is 0 Å². The van der Waals surface area contributed by atoms with Gasteiger partial charge in [0.1, 0.15) is 12.4 Å². The van der Waals surface area contributed by atoms with Gasteiger partial charge in [-0.2, -0.15) is 0 Å². The Kier molecular flexibility index (Phi) is 4.67. The van der Waals surface area contributed by atoms with Crippen LogP contribution >= 0.6 is 0 Å². The lowest BCUT2D eigenvalue weighted by atomic mass is 10.1. The fourth-order valence-corrected chi connectivity index (χ4v) is 2.65. The third-order valence-electron chi connectivity index (χ3n) is 3.96. The van der Waals surface area contributed by atoms with Gasteiger partial charge >= 0.3 is 5.97 Å². The summed E-state index contributed by atoms with van der Waals surface area (Å²) in [4.78, 5) is 22.9. The molecule has 1 fully saturated rings. The van der Waals surface area contributed by atoms with Gasteiger partial charge in [0.25, 0.3) is 0 Å².